The number of pyridine rings is 1. The molecular formula is C11H10N2O2. The fourth-order valence-corrected chi connectivity index (χ4v) is 1.40. The van der Waals surface area contributed by atoms with Crippen LogP contribution in [0.15, 0.2) is 30.7 Å². The highest BCUT2D eigenvalue weighted by Gasteiger charge is 2.07. The van der Waals surface area contributed by atoms with Gasteiger partial charge in [0.15, 0.2) is 0 Å². The maximum absolute atomic E-state index is 10.7. The minimum atomic E-state index is -0.957. The first-order valence-electron chi connectivity index (χ1n) is 4.50. The topological polar surface area (TPSA) is 66.0 Å². The summed E-state index contributed by atoms with van der Waals surface area (Å²) in [5.74, 6) is -0.957. The summed E-state index contributed by atoms with van der Waals surface area (Å²) in [7, 11) is 0. The fourth-order valence-electron chi connectivity index (χ4n) is 1.40. The number of H-pyrrole nitrogens is 1. The molecule has 2 heterocycles. The standard InChI is InChI=1S/C11H10N2O2/c1-7-2-8(5-12-4-7)9-3-10(11(14)15)13-6-9/h2-6,13H,1H3,(H,14,15). The Labute approximate surface area is 86.6 Å². The minimum absolute atomic E-state index is 0.187. The van der Waals surface area contributed by atoms with Crippen molar-refractivity contribution in [2.75, 3.05) is 0 Å². The van der Waals surface area contributed by atoms with E-state index >= 15 is 0 Å². The number of carbonyl (C=O) groups is 1. The van der Waals surface area contributed by atoms with E-state index in [1.165, 1.54) is 0 Å². The molecule has 0 aliphatic rings. The second-order valence-electron chi connectivity index (χ2n) is 3.36. The van der Waals surface area contributed by atoms with Gasteiger partial charge in [0.2, 0.25) is 0 Å². The van der Waals surface area contributed by atoms with Crippen LogP contribution in [0, 0.1) is 6.92 Å². The molecule has 4 heteroatoms. The molecule has 0 atom stereocenters. The number of carboxylic acid groups (broad SMARTS) is 1. The Morgan fingerprint density at radius 3 is 2.73 bits per heavy atom. The number of aryl methyl sites for hydroxylation is 1. The third-order valence-corrected chi connectivity index (χ3v) is 2.12. The number of aromatic amines is 1. The molecule has 0 aliphatic carbocycles. The highest BCUT2D eigenvalue weighted by Crippen LogP contribution is 2.19. The Hall–Kier alpha value is -2.10. The van der Waals surface area contributed by atoms with Gasteiger partial charge in [0, 0.05) is 29.7 Å². The number of rotatable bonds is 2. The van der Waals surface area contributed by atoms with Crippen molar-refractivity contribution in [3.05, 3.63) is 42.0 Å². The summed E-state index contributed by atoms with van der Waals surface area (Å²) in [5.41, 5.74) is 2.99. The molecule has 2 aromatic heterocycles. The van der Waals surface area contributed by atoms with Gasteiger partial charge in [-0.3, -0.25) is 4.98 Å². The van der Waals surface area contributed by atoms with Crippen molar-refractivity contribution < 1.29 is 9.90 Å². The van der Waals surface area contributed by atoms with Crippen LogP contribution in [0.1, 0.15) is 16.1 Å². The second kappa shape index (κ2) is 3.57. The Morgan fingerprint density at radius 2 is 2.13 bits per heavy atom. The Morgan fingerprint density at radius 1 is 1.33 bits per heavy atom. The third-order valence-electron chi connectivity index (χ3n) is 2.12. The van der Waals surface area contributed by atoms with E-state index in [2.05, 4.69) is 9.97 Å². The first-order chi connectivity index (χ1) is 7.16. The molecule has 0 saturated heterocycles. The van der Waals surface area contributed by atoms with Crippen LogP contribution in [0.3, 0.4) is 0 Å². The van der Waals surface area contributed by atoms with Crippen molar-refractivity contribution in [1.82, 2.24) is 9.97 Å². The van der Waals surface area contributed by atoms with Gasteiger partial charge in [0.1, 0.15) is 5.69 Å². The molecule has 0 aliphatic heterocycles. The molecule has 0 radical (unpaired) electrons. The Balaban J connectivity index is 2.41. The predicted molar refractivity (Wildman–Crippen MR) is 55.7 cm³/mol. The molecule has 2 aromatic rings. The molecule has 0 saturated carbocycles. The molecule has 0 aromatic carbocycles. The first-order valence-corrected chi connectivity index (χ1v) is 4.50. The summed E-state index contributed by atoms with van der Waals surface area (Å²) in [6, 6.07) is 3.56. The summed E-state index contributed by atoms with van der Waals surface area (Å²) >= 11 is 0. The molecule has 0 spiro atoms. The summed E-state index contributed by atoms with van der Waals surface area (Å²) in [4.78, 5) is 17.4. The van der Waals surface area contributed by atoms with Crippen molar-refractivity contribution in [1.29, 1.82) is 0 Å². The maximum Gasteiger partial charge on any atom is 0.352 e. The van der Waals surface area contributed by atoms with Gasteiger partial charge in [-0.05, 0) is 24.6 Å². The summed E-state index contributed by atoms with van der Waals surface area (Å²) in [5, 5.41) is 8.75. The van der Waals surface area contributed by atoms with E-state index < -0.39 is 5.97 Å². The molecule has 4 nitrogen and oxygen atoms in total. The van der Waals surface area contributed by atoms with Gasteiger partial charge in [0.05, 0.1) is 0 Å². The number of aromatic nitrogens is 2. The molecule has 0 amide bonds. The zero-order valence-corrected chi connectivity index (χ0v) is 8.19. The summed E-state index contributed by atoms with van der Waals surface area (Å²) in [6.45, 7) is 1.95. The average Bonchev–Trinajstić information content (AvgIpc) is 2.66. The highest BCUT2D eigenvalue weighted by atomic mass is 16.4. The van der Waals surface area contributed by atoms with Crippen LogP contribution in [0.25, 0.3) is 11.1 Å². The van der Waals surface area contributed by atoms with Crippen LogP contribution in [0.5, 0.6) is 0 Å². The smallest absolute Gasteiger partial charge is 0.352 e. The zero-order chi connectivity index (χ0) is 10.8. The normalized spacial score (nSPS) is 10.2. The zero-order valence-electron chi connectivity index (χ0n) is 8.19. The van der Waals surface area contributed by atoms with Crippen LogP contribution in [0.2, 0.25) is 0 Å². The van der Waals surface area contributed by atoms with Crippen LogP contribution in [-0.4, -0.2) is 21.0 Å². The number of carboxylic acids is 1. The predicted octanol–water partition coefficient (Wildman–Crippen LogP) is 2.08. The van der Waals surface area contributed by atoms with Gasteiger partial charge < -0.3 is 10.1 Å². The molecule has 2 N–H and O–H groups in total. The van der Waals surface area contributed by atoms with Crippen molar-refractivity contribution in [3.63, 3.8) is 0 Å². The van der Waals surface area contributed by atoms with Gasteiger partial charge in [-0.25, -0.2) is 4.79 Å². The Bertz CT molecular complexity index is 503. The number of hydrogen-bond donors (Lipinski definition) is 2. The molecule has 76 valence electrons. The molecule has 0 unspecified atom stereocenters. The quantitative estimate of drug-likeness (QED) is 0.783. The van der Waals surface area contributed by atoms with E-state index in [0.29, 0.717) is 0 Å². The third kappa shape index (κ3) is 1.88. The molecular weight excluding hydrogens is 192 g/mol. The molecule has 15 heavy (non-hydrogen) atoms. The SMILES string of the molecule is Cc1cncc(-c2c[nH]c(C(=O)O)c2)c1. The van der Waals surface area contributed by atoms with Crippen molar-refractivity contribution >= 4 is 5.97 Å². The lowest BCUT2D eigenvalue weighted by atomic mass is 10.1. The molecule has 2 rings (SSSR count). The van der Waals surface area contributed by atoms with Crippen molar-refractivity contribution in [2.45, 2.75) is 6.92 Å². The molecule has 0 fully saturated rings. The summed E-state index contributed by atoms with van der Waals surface area (Å²) in [6.07, 6.45) is 5.13. The van der Waals surface area contributed by atoms with Crippen molar-refractivity contribution in [3.8, 4) is 11.1 Å². The lowest BCUT2D eigenvalue weighted by Gasteiger charge is -1.97. The van der Waals surface area contributed by atoms with Gasteiger partial charge >= 0.3 is 5.97 Å². The van der Waals surface area contributed by atoms with Crippen molar-refractivity contribution in [2.24, 2.45) is 0 Å². The van der Waals surface area contributed by atoms with Crippen LogP contribution in [0.4, 0.5) is 0 Å². The lowest BCUT2D eigenvalue weighted by Crippen LogP contribution is -1.94. The first kappa shape index (κ1) is 9.45. The van der Waals surface area contributed by atoms with Crippen LogP contribution in [-0.2, 0) is 0 Å². The lowest BCUT2D eigenvalue weighted by molar-refractivity contribution is 0.0691. The second-order valence-corrected chi connectivity index (χ2v) is 3.36. The van der Waals surface area contributed by atoms with E-state index in [9.17, 15) is 4.79 Å². The van der Waals surface area contributed by atoms with E-state index in [-0.39, 0.29) is 5.69 Å². The van der Waals surface area contributed by atoms with E-state index in [0.717, 1.165) is 16.7 Å². The van der Waals surface area contributed by atoms with Gasteiger partial charge in [-0.2, -0.15) is 0 Å². The van der Waals surface area contributed by atoms with Gasteiger partial charge in [-0.1, -0.05) is 0 Å². The number of nitrogens with zero attached hydrogens (tertiary/aromatic N) is 1. The van der Waals surface area contributed by atoms with E-state index in [4.69, 9.17) is 5.11 Å². The number of aromatic carboxylic acids is 1. The maximum atomic E-state index is 10.7. The number of hydrogen-bond acceptors (Lipinski definition) is 2. The monoisotopic (exact) mass is 202 g/mol. The van der Waals surface area contributed by atoms with E-state index in [1.807, 2.05) is 13.0 Å². The van der Waals surface area contributed by atoms with Gasteiger partial charge in [-0.15, -0.1) is 0 Å². The Kier molecular flexibility index (Phi) is 2.25. The fraction of sp³-hybridized carbons (Fsp3) is 0.0909. The van der Waals surface area contributed by atoms with Crippen LogP contribution < -0.4 is 0 Å². The number of nitrogens with one attached hydrogen (secondary N) is 1. The minimum Gasteiger partial charge on any atom is -0.477 e. The summed E-state index contributed by atoms with van der Waals surface area (Å²) < 4.78 is 0. The largest absolute Gasteiger partial charge is 0.477 e. The highest BCUT2D eigenvalue weighted by molar-refractivity contribution is 5.87. The molecule has 0 bridgehead atoms. The van der Waals surface area contributed by atoms with Crippen LogP contribution >= 0.6 is 0 Å². The van der Waals surface area contributed by atoms with E-state index in [1.54, 1.807) is 24.7 Å². The van der Waals surface area contributed by atoms with Gasteiger partial charge in [0.25, 0.3) is 0 Å². The average molecular weight is 202 g/mol.